The number of benzene rings is 2. The summed E-state index contributed by atoms with van der Waals surface area (Å²) in [6, 6.07) is 13.5. The molecule has 3 atom stereocenters. The summed E-state index contributed by atoms with van der Waals surface area (Å²) in [6.45, 7) is 15.3. The van der Waals surface area contributed by atoms with Crippen LogP contribution in [-0.2, 0) is 105 Å². The zero-order chi connectivity index (χ0) is 101. The highest BCUT2D eigenvalue weighted by Crippen LogP contribution is 2.27. The molecule has 0 aliphatic rings. The van der Waals surface area contributed by atoms with Crippen LogP contribution in [0.4, 0.5) is 4.79 Å². The highest BCUT2D eigenvalue weighted by molar-refractivity contribution is 6.00. The SMILES string of the molecule is Cc1cc(C(=O)NCCN(CCCN(CCc2c(C(N)=O)c(C)n(CC(=O)O)c(=O)c2O)CCc2c(C(N)=O)c(C)n(CC(=O)O)c(=O)c2O)CCNC(=O)c2cc(C)n(CC(=O)NCc3ccc(C(=O)N[C@@H](Cc4ccc5ccccc5c4)C(=O)NCCCC[C@H](NC(=O)N[C@H](CCC(=O)OC(C)(C)C)C(=O)OC(C)(C)C)C(=O)OC(C)(C)C)nc3)c(=O)c2O)c(O)c(=O)n1CC(=O)O. The number of amides is 9. The Kier molecular flexibility index (Phi) is 37.7. The summed E-state index contributed by atoms with van der Waals surface area (Å²) in [5, 5.41) is 93.5. The number of aliphatic carboxylic acids is 3. The van der Waals surface area contributed by atoms with Gasteiger partial charge in [-0.15, -0.1) is 0 Å². The van der Waals surface area contributed by atoms with E-state index in [0.717, 1.165) is 32.0 Å². The molecule has 18 N–H and O–H groups in total. The molecule has 0 spiro atoms. The highest BCUT2D eigenvalue weighted by Gasteiger charge is 2.35. The molecular weight excluding hydrogens is 1770 g/mol. The number of nitrogens with one attached hydrogen (secondary N) is 7. The third kappa shape index (κ3) is 31.4. The molecule has 0 radical (unpaired) electrons. The molecule has 0 bridgehead atoms. The first-order chi connectivity index (χ1) is 63.1. The van der Waals surface area contributed by atoms with Gasteiger partial charge in [-0.05, 0) is 188 Å². The van der Waals surface area contributed by atoms with Crippen molar-refractivity contribution < 1.29 is 117 Å². The number of unbranched alkanes of at least 4 members (excludes halogenated alkanes) is 1. The lowest BCUT2D eigenvalue weighted by Crippen LogP contribution is -2.53. The van der Waals surface area contributed by atoms with Gasteiger partial charge in [0.25, 0.3) is 51.8 Å². The third-order valence-corrected chi connectivity index (χ3v) is 21.2. The van der Waals surface area contributed by atoms with Gasteiger partial charge in [-0.25, -0.2) is 14.4 Å². The van der Waals surface area contributed by atoms with Crippen LogP contribution in [0, 0.1) is 27.7 Å². The monoisotopic (exact) mass is 1880 g/mol. The number of nitrogens with two attached hydrogens (primary N) is 2. The largest absolute Gasteiger partial charge is 0.503 e. The number of pyridine rings is 5. The summed E-state index contributed by atoms with van der Waals surface area (Å²) in [4.78, 5) is 245. The van der Waals surface area contributed by atoms with Crippen LogP contribution >= 0.6 is 0 Å². The van der Waals surface area contributed by atoms with Crippen molar-refractivity contribution in [1.29, 1.82) is 0 Å². The lowest BCUT2D eigenvalue weighted by molar-refractivity contribution is -0.159. The van der Waals surface area contributed by atoms with E-state index in [0.29, 0.717) is 20.3 Å². The lowest BCUT2D eigenvalue weighted by atomic mass is 9.99. The first-order valence-electron chi connectivity index (χ1n) is 43.2. The Hall–Kier alpha value is -14.9. The number of carboxylic acids is 3. The number of aromatic hydroxyl groups is 4. The van der Waals surface area contributed by atoms with Crippen molar-refractivity contribution in [2.45, 2.75) is 215 Å². The molecule has 0 aliphatic carbocycles. The van der Waals surface area contributed by atoms with Gasteiger partial charge in [0.15, 0.2) is 23.0 Å². The van der Waals surface area contributed by atoms with Crippen molar-refractivity contribution in [3.8, 4) is 23.0 Å². The molecule has 730 valence electrons. The van der Waals surface area contributed by atoms with Gasteiger partial charge >= 0.3 is 41.8 Å². The standard InChI is InChI=1S/C91H118N16O28/c1-49-39-59(78(122)95-31-37-103(38-32-96-79(123)60-40-50(2)105(46-66(109)110)83(127)75(60)119)34-18-33-102(35-28-57-70(76(92)120)51(3)106(47-67(111)112)84(128)72(57)116)36-29-58-71(77(93)121)52(4)107(48-68(113)114)85(129)73(58)117)74(118)82(126)104(49)45-65(108)98-44-54-23-25-61(97-43-54)81(125)99-64(42-53-22-24-55-19-14-15-20-56(55)41-53)80(124)94-30-17-16-21-62(86(130)134-90(8,9)10)100-88(132)101-63(87(131)135-91(11,12)13)26-27-69(115)133-89(5,6)7/h14-15,19-20,22-25,39-41,43,62-64,116-119H,16-18,21,26-38,42,44-48H2,1-13H3,(H2,92,120)(H2,93,121)(H,94,124)(H,95,122)(H,96,123)(H,98,108)(H,99,125)(H,109,110)(H,111,112)(H,113,114)(H2,100,101,132)/t62-,63+,64-/m0/s1. The molecule has 2 aromatic carbocycles. The summed E-state index contributed by atoms with van der Waals surface area (Å²) in [5.41, 5.74) is 2.29. The molecule has 9 amide bonds. The number of aromatic nitrogens is 5. The van der Waals surface area contributed by atoms with Crippen molar-refractivity contribution in [1.82, 2.24) is 70.3 Å². The number of carbonyl (C=O) groups excluding carboxylic acids is 11. The van der Waals surface area contributed by atoms with Crippen molar-refractivity contribution in [2.75, 3.05) is 58.9 Å². The lowest BCUT2D eigenvalue weighted by Gasteiger charge is -2.27. The van der Waals surface area contributed by atoms with Crippen molar-refractivity contribution in [3.05, 3.63) is 187 Å². The maximum absolute atomic E-state index is 14.2. The Morgan fingerprint density at radius 2 is 0.896 bits per heavy atom. The molecule has 135 heavy (non-hydrogen) atoms. The fraction of sp³-hybridized carbons (Fsp3) is 0.462. The quantitative estimate of drug-likeness (QED) is 0.0147. The summed E-state index contributed by atoms with van der Waals surface area (Å²) in [7, 11) is 0. The van der Waals surface area contributed by atoms with E-state index in [2.05, 4.69) is 42.2 Å². The normalized spacial score (nSPS) is 12.2. The summed E-state index contributed by atoms with van der Waals surface area (Å²) >= 11 is 0. The molecule has 7 aromatic rings. The van der Waals surface area contributed by atoms with E-state index in [-0.39, 0.29) is 163 Å². The average Bonchev–Trinajstić information content (AvgIpc) is 0.772. The average molecular weight is 1880 g/mol. The van der Waals surface area contributed by atoms with Crippen molar-refractivity contribution in [2.24, 2.45) is 11.5 Å². The number of ether oxygens (including phenoxy) is 3. The minimum absolute atomic E-state index is 0.00699. The van der Waals surface area contributed by atoms with E-state index in [4.69, 9.17) is 25.7 Å². The number of hydrogen-bond acceptors (Lipinski definition) is 28. The number of primary amides is 2. The Bertz CT molecular complexity index is 5810. The first kappa shape index (κ1) is 107. The van der Waals surface area contributed by atoms with Crippen LogP contribution in [0.25, 0.3) is 10.8 Å². The van der Waals surface area contributed by atoms with Gasteiger partial charge in [0.1, 0.15) is 66.8 Å². The van der Waals surface area contributed by atoms with Crippen LogP contribution in [0.2, 0.25) is 0 Å². The zero-order valence-corrected chi connectivity index (χ0v) is 77.4. The topological polar surface area (TPSA) is 652 Å². The third-order valence-electron chi connectivity index (χ3n) is 21.2. The smallest absolute Gasteiger partial charge is 0.329 e. The molecular formula is C91H118N16O28. The number of hydrogen-bond donors (Lipinski definition) is 16. The fourth-order valence-electron chi connectivity index (χ4n) is 14.7. The molecule has 0 unspecified atom stereocenters. The number of carboxylic acid groups (broad SMARTS) is 3. The van der Waals surface area contributed by atoms with E-state index in [1.165, 1.54) is 46.0 Å². The fourth-order valence-corrected chi connectivity index (χ4v) is 14.7. The maximum atomic E-state index is 14.2. The second-order valence-electron chi connectivity index (χ2n) is 35.1. The molecule has 44 nitrogen and oxygen atoms in total. The molecule has 7 rings (SSSR count). The molecule has 5 aromatic heterocycles. The van der Waals surface area contributed by atoms with Crippen molar-refractivity contribution in [3.63, 3.8) is 0 Å². The summed E-state index contributed by atoms with van der Waals surface area (Å²) in [5.74, 6) is -17.1. The molecule has 0 saturated heterocycles. The van der Waals surface area contributed by atoms with Crippen LogP contribution in [0.1, 0.15) is 198 Å². The van der Waals surface area contributed by atoms with Crippen LogP contribution in [-0.4, -0.2) is 246 Å². The Morgan fingerprint density at radius 3 is 1.36 bits per heavy atom. The number of esters is 3. The Balaban J connectivity index is 1.03. The molecule has 0 aliphatic heterocycles. The maximum Gasteiger partial charge on any atom is 0.329 e. The second-order valence-corrected chi connectivity index (χ2v) is 35.1. The van der Waals surface area contributed by atoms with Gasteiger partial charge in [-0.3, -0.25) is 95.5 Å². The zero-order valence-electron chi connectivity index (χ0n) is 77.4. The van der Waals surface area contributed by atoms with E-state index >= 15 is 0 Å². The van der Waals surface area contributed by atoms with Gasteiger partial charge in [-0.1, -0.05) is 48.5 Å². The molecule has 44 heteroatoms. The predicted octanol–water partition coefficient (Wildman–Crippen LogP) is 1.81. The van der Waals surface area contributed by atoms with E-state index in [1.807, 2.05) is 42.5 Å². The van der Waals surface area contributed by atoms with Gasteiger partial charge in [-0.2, -0.15) is 0 Å². The van der Waals surface area contributed by atoms with E-state index in [9.17, 15) is 122 Å². The Morgan fingerprint density at radius 1 is 0.452 bits per heavy atom. The molecule has 5 heterocycles. The van der Waals surface area contributed by atoms with Crippen molar-refractivity contribution >= 4 is 94.0 Å². The minimum Gasteiger partial charge on any atom is -0.503 e. The molecule has 0 fully saturated rings. The van der Waals surface area contributed by atoms with E-state index in [1.54, 1.807) is 72.1 Å². The number of nitrogens with zero attached hydrogens (tertiary/aromatic N) is 7. The summed E-state index contributed by atoms with van der Waals surface area (Å²) < 4.78 is 19.5. The van der Waals surface area contributed by atoms with Crippen LogP contribution in [0.3, 0.4) is 0 Å². The number of urea groups is 1. The van der Waals surface area contributed by atoms with Crippen LogP contribution in [0.5, 0.6) is 23.0 Å². The minimum atomic E-state index is -1.50. The number of carbonyl (C=O) groups is 14. The van der Waals surface area contributed by atoms with Gasteiger partial charge in [0.05, 0.1) is 22.3 Å². The number of aryl methyl sites for hydroxylation is 2. The molecule has 0 saturated carbocycles. The second kappa shape index (κ2) is 47.5. The predicted molar refractivity (Wildman–Crippen MR) is 486 cm³/mol. The Labute approximate surface area is 774 Å². The van der Waals surface area contributed by atoms with Gasteiger partial charge in [0.2, 0.25) is 11.8 Å². The van der Waals surface area contributed by atoms with Gasteiger partial charge < -0.3 is 108 Å². The summed E-state index contributed by atoms with van der Waals surface area (Å²) in [6.07, 6.45) is 0.744. The first-order valence-corrected chi connectivity index (χ1v) is 43.2. The van der Waals surface area contributed by atoms with Gasteiger partial charge in [0, 0.05) is 105 Å². The van der Waals surface area contributed by atoms with Crippen LogP contribution < -0.4 is 70.9 Å². The van der Waals surface area contributed by atoms with Crippen LogP contribution in [0.15, 0.2) is 92.1 Å². The highest BCUT2D eigenvalue weighted by atomic mass is 16.6. The number of fused-ring (bicyclic) bond motifs is 1. The number of rotatable bonds is 47. The van der Waals surface area contributed by atoms with E-state index < -0.39 is 212 Å².